The number of primary amides is 1. The van der Waals surface area contributed by atoms with Gasteiger partial charge in [0, 0.05) is 19.0 Å². The smallest absolute Gasteiger partial charge is 0.237 e. The van der Waals surface area contributed by atoms with Crippen molar-refractivity contribution in [2.45, 2.75) is 39.2 Å². The summed E-state index contributed by atoms with van der Waals surface area (Å²) in [6, 6.07) is 0.124. The molecule has 0 spiro atoms. The molecular formula is C12H23N3O2. The molecule has 1 aliphatic rings. The molecule has 1 aliphatic heterocycles. The highest BCUT2D eigenvalue weighted by Gasteiger charge is 2.27. The number of rotatable bonds is 6. The Morgan fingerprint density at radius 3 is 2.71 bits per heavy atom. The molecule has 2 atom stereocenters. The fraction of sp³-hybridized carbons (Fsp3) is 0.833. The van der Waals surface area contributed by atoms with Crippen LogP contribution in [0, 0.1) is 5.92 Å². The topological polar surface area (TPSA) is 75.4 Å². The van der Waals surface area contributed by atoms with E-state index in [9.17, 15) is 9.59 Å². The standard InChI is InChI=1S/C12H23N3O2/c1-3-9(2)6-12(17)15(8-11(13)16)10-4-5-14-7-10/h9-10,14H,3-8H2,1-2H3,(H2,13,16). The quantitative estimate of drug-likeness (QED) is 0.692. The summed E-state index contributed by atoms with van der Waals surface area (Å²) in [5, 5.41) is 3.20. The van der Waals surface area contributed by atoms with Gasteiger partial charge in [-0.3, -0.25) is 9.59 Å². The van der Waals surface area contributed by atoms with Gasteiger partial charge in [0.2, 0.25) is 11.8 Å². The summed E-state index contributed by atoms with van der Waals surface area (Å²) in [6.07, 6.45) is 2.37. The van der Waals surface area contributed by atoms with E-state index in [0.717, 1.165) is 25.9 Å². The number of carbonyl (C=O) groups excluding carboxylic acids is 2. The fourth-order valence-corrected chi connectivity index (χ4v) is 2.05. The van der Waals surface area contributed by atoms with Crippen LogP contribution in [0.1, 0.15) is 33.1 Å². The third-order valence-corrected chi connectivity index (χ3v) is 3.34. The summed E-state index contributed by atoms with van der Waals surface area (Å²) >= 11 is 0. The van der Waals surface area contributed by atoms with Crippen LogP contribution in [0.2, 0.25) is 0 Å². The van der Waals surface area contributed by atoms with E-state index in [2.05, 4.69) is 12.2 Å². The highest BCUT2D eigenvalue weighted by atomic mass is 16.2. The number of amides is 2. The number of hydrogen-bond acceptors (Lipinski definition) is 3. The molecule has 0 aliphatic carbocycles. The average Bonchev–Trinajstić information content (AvgIpc) is 2.78. The lowest BCUT2D eigenvalue weighted by Gasteiger charge is -2.28. The van der Waals surface area contributed by atoms with Gasteiger partial charge in [0.25, 0.3) is 0 Å². The predicted molar refractivity (Wildman–Crippen MR) is 66.3 cm³/mol. The number of carbonyl (C=O) groups is 2. The van der Waals surface area contributed by atoms with E-state index in [-0.39, 0.29) is 18.5 Å². The third-order valence-electron chi connectivity index (χ3n) is 3.34. The van der Waals surface area contributed by atoms with Crippen molar-refractivity contribution in [1.29, 1.82) is 0 Å². The molecule has 1 saturated heterocycles. The van der Waals surface area contributed by atoms with Crippen molar-refractivity contribution in [2.24, 2.45) is 11.7 Å². The van der Waals surface area contributed by atoms with Crippen molar-refractivity contribution in [3.63, 3.8) is 0 Å². The summed E-state index contributed by atoms with van der Waals surface area (Å²) in [5.74, 6) is -0.0338. The lowest BCUT2D eigenvalue weighted by molar-refractivity contribution is -0.138. The number of nitrogens with one attached hydrogen (secondary N) is 1. The molecule has 3 N–H and O–H groups in total. The van der Waals surface area contributed by atoms with E-state index < -0.39 is 5.91 Å². The van der Waals surface area contributed by atoms with Gasteiger partial charge < -0.3 is 16.0 Å². The monoisotopic (exact) mass is 241 g/mol. The van der Waals surface area contributed by atoms with Gasteiger partial charge in [0.1, 0.15) is 0 Å². The molecule has 17 heavy (non-hydrogen) atoms. The van der Waals surface area contributed by atoms with Crippen molar-refractivity contribution < 1.29 is 9.59 Å². The maximum absolute atomic E-state index is 12.1. The summed E-state index contributed by atoms with van der Waals surface area (Å²) in [4.78, 5) is 24.8. The molecule has 2 amide bonds. The second kappa shape index (κ2) is 6.59. The first-order valence-corrected chi connectivity index (χ1v) is 6.33. The van der Waals surface area contributed by atoms with E-state index in [1.807, 2.05) is 6.92 Å². The van der Waals surface area contributed by atoms with Gasteiger partial charge in [-0.05, 0) is 18.9 Å². The average molecular weight is 241 g/mol. The Morgan fingerprint density at radius 1 is 1.53 bits per heavy atom. The molecule has 1 fully saturated rings. The van der Waals surface area contributed by atoms with Gasteiger partial charge in [-0.25, -0.2) is 0 Å². The Bertz CT molecular complexity index is 275. The SMILES string of the molecule is CCC(C)CC(=O)N(CC(N)=O)C1CCNC1. The van der Waals surface area contributed by atoms with Gasteiger partial charge in [-0.1, -0.05) is 20.3 Å². The zero-order valence-corrected chi connectivity index (χ0v) is 10.7. The van der Waals surface area contributed by atoms with Gasteiger partial charge >= 0.3 is 0 Å². The first-order valence-electron chi connectivity index (χ1n) is 6.33. The number of hydrogen-bond donors (Lipinski definition) is 2. The second-order valence-electron chi connectivity index (χ2n) is 4.85. The Labute approximate surface area is 103 Å². The largest absolute Gasteiger partial charge is 0.368 e. The zero-order valence-electron chi connectivity index (χ0n) is 10.7. The van der Waals surface area contributed by atoms with Crippen molar-refractivity contribution in [3.8, 4) is 0 Å². The first-order chi connectivity index (χ1) is 8.04. The maximum Gasteiger partial charge on any atom is 0.237 e. The van der Waals surface area contributed by atoms with Crippen LogP contribution in [-0.4, -0.2) is 42.4 Å². The molecule has 98 valence electrons. The maximum atomic E-state index is 12.1. The summed E-state index contributed by atoms with van der Waals surface area (Å²) < 4.78 is 0. The molecule has 0 aromatic heterocycles. The molecule has 0 bridgehead atoms. The van der Waals surface area contributed by atoms with Crippen LogP contribution >= 0.6 is 0 Å². The van der Waals surface area contributed by atoms with Crippen LogP contribution in [0.25, 0.3) is 0 Å². The Balaban J connectivity index is 2.60. The minimum atomic E-state index is -0.436. The minimum Gasteiger partial charge on any atom is -0.368 e. The van der Waals surface area contributed by atoms with E-state index in [1.165, 1.54) is 0 Å². The van der Waals surface area contributed by atoms with Gasteiger partial charge in [-0.15, -0.1) is 0 Å². The van der Waals surface area contributed by atoms with Crippen LogP contribution in [0.3, 0.4) is 0 Å². The van der Waals surface area contributed by atoms with Crippen LogP contribution in [-0.2, 0) is 9.59 Å². The normalized spacial score (nSPS) is 21.2. The Kier molecular flexibility index (Phi) is 5.41. The zero-order chi connectivity index (χ0) is 12.8. The van der Waals surface area contributed by atoms with Crippen LogP contribution < -0.4 is 11.1 Å². The van der Waals surface area contributed by atoms with Crippen LogP contribution in [0.5, 0.6) is 0 Å². The highest BCUT2D eigenvalue weighted by molar-refractivity contribution is 5.84. The summed E-state index contributed by atoms with van der Waals surface area (Å²) in [6.45, 7) is 5.82. The van der Waals surface area contributed by atoms with Crippen molar-refractivity contribution >= 4 is 11.8 Å². The van der Waals surface area contributed by atoms with Crippen molar-refractivity contribution in [3.05, 3.63) is 0 Å². The van der Waals surface area contributed by atoms with E-state index in [0.29, 0.717) is 12.3 Å². The number of nitrogens with two attached hydrogens (primary N) is 1. The molecule has 0 saturated carbocycles. The fourth-order valence-electron chi connectivity index (χ4n) is 2.05. The van der Waals surface area contributed by atoms with Gasteiger partial charge in [0.15, 0.2) is 0 Å². The lowest BCUT2D eigenvalue weighted by atomic mass is 10.0. The van der Waals surface area contributed by atoms with Gasteiger partial charge in [-0.2, -0.15) is 0 Å². The highest BCUT2D eigenvalue weighted by Crippen LogP contribution is 2.14. The number of nitrogens with zero attached hydrogens (tertiary/aromatic N) is 1. The molecule has 2 unspecified atom stereocenters. The van der Waals surface area contributed by atoms with Crippen molar-refractivity contribution in [1.82, 2.24) is 10.2 Å². The molecule has 5 heteroatoms. The predicted octanol–water partition coefficient (Wildman–Crippen LogP) is 0.0984. The molecule has 5 nitrogen and oxygen atoms in total. The third kappa shape index (κ3) is 4.34. The first kappa shape index (κ1) is 14.0. The second-order valence-corrected chi connectivity index (χ2v) is 4.85. The van der Waals surface area contributed by atoms with Gasteiger partial charge in [0.05, 0.1) is 6.54 Å². The summed E-state index contributed by atoms with van der Waals surface area (Å²) in [7, 11) is 0. The van der Waals surface area contributed by atoms with E-state index in [4.69, 9.17) is 5.73 Å². The lowest BCUT2D eigenvalue weighted by Crippen LogP contribution is -2.46. The van der Waals surface area contributed by atoms with Crippen LogP contribution in [0.15, 0.2) is 0 Å². The van der Waals surface area contributed by atoms with E-state index >= 15 is 0 Å². The molecule has 0 aromatic rings. The molecule has 0 aromatic carbocycles. The Hall–Kier alpha value is -1.10. The molecule has 1 rings (SSSR count). The molecular weight excluding hydrogens is 218 g/mol. The molecule has 0 radical (unpaired) electrons. The molecule has 1 heterocycles. The van der Waals surface area contributed by atoms with Crippen molar-refractivity contribution in [2.75, 3.05) is 19.6 Å². The van der Waals surface area contributed by atoms with E-state index in [1.54, 1.807) is 4.90 Å². The Morgan fingerprint density at radius 2 is 2.24 bits per heavy atom. The summed E-state index contributed by atoms with van der Waals surface area (Å²) in [5.41, 5.74) is 5.21. The minimum absolute atomic E-state index is 0.0433. The van der Waals surface area contributed by atoms with Crippen LogP contribution in [0.4, 0.5) is 0 Å².